The number of allylic oxidation sites excluding steroid dienone is 4. The third-order valence-corrected chi connectivity index (χ3v) is 8.58. The molecule has 8 atom stereocenters. The molecule has 4 rings (SSSR count). The maximum Gasteiger partial charge on any atom is 0.178 e. The highest BCUT2D eigenvalue weighted by Crippen LogP contribution is 2.69. The molecule has 0 aromatic rings. The fourth-order valence-electron chi connectivity index (χ4n) is 7.45. The molecule has 150 valence electrons. The molecular formula is C23H28FNO3. The first-order valence-electron chi connectivity index (χ1n) is 10.3. The van der Waals surface area contributed by atoms with Gasteiger partial charge in [-0.1, -0.05) is 25.5 Å². The summed E-state index contributed by atoms with van der Waals surface area (Å²) in [5.41, 5.74) is -2.59. The summed E-state index contributed by atoms with van der Waals surface area (Å²) in [5, 5.41) is 20.2. The highest BCUT2D eigenvalue weighted by molar-refractivity contribution is 6.01. The molecule has 0 aliphatic heterocycles. The molecule has 4 aliphatic carbocycles. The van der Waals surface area contributed by atoms with Crippen molar-refractivity contribution in [2.24, 2.45) is 34.5 Å². The smallest absolute Gasteiger partial charge is 0.178 e. The first-order valence-corrected chi connectivity index (χ1v) is 10.3. The molecule has 0 saturated heterocycles. The SMILES string of the molecule is C[C@@H]1CC2[C@@H]3CCC4=CC(=O)C=C[C@]4(C)[C@@]3(F)[C@@H](O)C[C@]2(C)[C@H]1C(=O)CC#N. The number of aliphatic hydroxyl groups is 1. The van der Waals surface area contributed by atoms with Gasteiger partial charge < -0.3 is 5.11 Å². The molecule has 3 saturated carbocycles. The van der Waals surface area contributed by atoms with Crippen molar-refractivity contribution in [1.82, 2.24) is 0 Å². The number of nitrogens with zero attached hydrogens (tertiary/aromatic N) is 1. The second-order valence-corrected chi connectivity index (χ2v) is 9.84. The van der Waals surface area contributed by atoms with Crippen molar-refractivity contribution in [3.8, 4) is 6.07 Å². The van der Waals surface area contributed by atoms with Gasteiger partial charge in [0.05, 0.1) is 18.6 Å². The summed E-state index contributed by atoms with van der Waals surface area (Å²) < 4.78 is 16.9. The molecule has 0 aromatic heterocycles. The van der Waals surface area contributed by atoms with Crippen LogP contribution in [0.15, 0.2) is 23.8 Å². The maximum absolute atomic E-state index is 16.9. The van der Waals surface area contributed by atoms with Crippen molar-refractivity contribution in [1.29, 1.82) is 5.26 Å². The van der Waals surface area contributed by atoms with Gasteiger partial charge in [-0.3, -0.25) is 9.59 Å². The number of fused-ring (bicyclic) bond motifs is 5. The van der Waals surface area contributed by atoms with Crippen LogP contribution in [-0.4, -0.2) is 28.4 Å². The van der Waals surface area contributed by atoms with Crippen LogP contribution in [0.3, 0.4) is 0 Å². The lowest BCUT2D eigenvalue weighted by molar-refractivity contribution is -0.195. The van der Waals surface area contributed by atoms with E-state index < -0.39 is 22.6 Å². The Kier molecular flexibility index (Phi) is 4.25. The van der Waals surface area contributed by atoms with Gasteiger partial charge in [0.2, 0.25) is 0 Å². The molecule has 28 heavy (non-hydrogen) atoms. The minimum absolute atomic E-state index is 0.0204. The summed E-state index contributed by atoms with van der Waals surface area (Å²) in [6, 6.07) is 1.97. The zero-order valence-corrected chi connectivity index (χ0v) is 16.7. The molecule has 0 amide bonds. The van der Waals surface area contributed by atoms with E-state index in [1.165, 1.54) is 12.2 Å². The predicted octanol–water partition coefficient (Wildman–Crippen LogP) is 3.70. The van der Waals surface area contributed by atoms with Crippen LogP contribution in [0.2, 0.25) is 0 Å². The highest BCUT2D eigenvalue weighted by Gasteiger charge is 2.71. The fraction of sp³-hybridized carbons (Fsp3) is 0.696. The molecule has 1 unspecified atom stereocenters. The van der Waals surface area contributed by atoms with Gasteiger partial charge in [0.1, 0.15) is 0 Å². The summed E-state index contributed by atoms with van der Waals surface area (Å²) in [7, 11) is 0. The Balaban J connectivity index is 1.78. The van der Waals surface area contributed by atoms with Crippen molar-refractivity contribution >= 4 is 11.6 Å². The van der Waals surface area contributed by atoms with E-state index in [1.54, 1.807) is 13.0 Å². The van der Waals surface area contributed by atoms with E-state index in [2.05, 4.69) is 0 Å². The van der Waals surface area contributed by atoms with Crippen LogP contribution in [-0.2, 0) is 9.59 Å². The Bertz CT molecular complexity index is 841. The third kappa shape index (κ3) is 2.24. The molecule has 0 bridgehead atoms. The Labute approximate surface area is 165 Å². The fourth-order valence-corrected chi connectivity index (χ4v) is 7.45. The summed E-state index contributed by atoms with van der Waals surface area (Å²) >= 11 is 0. The molecule has 0 spiro atoms. The second-order valence-electron chi connectivity index (χ2n) is 9.84. The zero-order valence-electron chi connectivity index (χ0n) is 16.7. The van der Waals surface area contributed by atoms with E-state index in [4.69, 9.17) is 5.26 Å². The lowest BCUT2D eigenvalue weighted by Crippen LogP contribution is -2.66. The standard InChI is InChI=1S/C23H28FNO3/c1-13-10-17-16-5-4-14-11-15(26)6-8-22(14,3)23(16,24)19(28)12-21(17,2)20(13)18(27)7-9-25/h6,8,11,13,16-17,19-20,28H,4-5,7,10,12H2,1-3H3/t13-,16+,17?,19+,20-,21+,22+,23+/m1/s1. The van der Waals surface area contributed by atoms with E-state index in [1.807, 2.05) is 19.9 Å². The molecule has 0 radical (unpaired) electrons. The van der Waals surface area contributed by atoms with Crippen LogP contribution in [0.5, 0.6) is 0 Å². The normalized spacial score (nSPS) is 49.5. The molecular weight excluding hydrogens is 357 g/mol. The van der Waals surface area contributed by atoms with Gasteiger partial charge in [-0.05, 0) is 62.0 Å². The molecule has 3 fully saturated rings. The van der Waals surface area contributed by atoms with Crippen molar-refractivity contribution < 1.29 is 19.1 Å². The van der Waals surface area contributed by atoms with E-state index in [0.717, 1.165) is 12.0 Å². The number of hydrogen-bond acceptors (Lipinski definition) is 4. The number of Topliss-reactive ketones (excluding diaryl/α,β-unsaturated/α-hetero) is 1. The number of halogens is 1. The van der Waals surface area contributed by atoms with Crippen LogP contribution in [0.4, 0.5) is 4.39 Å². The quantitative estimate of drug-likeness (QED) is 0.786. The number of rotatable bonds is 2. The van der Waals surface area contributed by atoms with Crippen LogP contribution in [0.1, 0.15) is 52.9 Å². The van der Waals surface area contributed by atoms with Crippen molar-refractivity contribution in [2.75, 3.05) is 0 Å². The summed E-state index contributed by atoms with van der Waals surface area (Å²) in [6.07, 6.45) is 5.41. The average molecular weight is 385 g/mol. The highest BCUT2D eigenvalue weighted by atomic mass is 19.1. The van der Waals surface area contributed by atoms with Gasteiger partial charge in [0.15, 0.2) is 17.2 Å². The number of aliphatic hydroxyl groups excluding tert-OH is 1. The topological polar surface area (TPSA) is 78.2 Å². The number of hydrogen-bond donors (Lipinski definition) is 1. The van der Waals surface area contributed by atoms with E-state index in [9.17, 15) is 14.7 Å². The maximum atomic E-state index is 16.9. The Morgan fingerprint density at radius 1 is 1.39 bits per heavy atom. The molecule has 0 heterocycles. The van der Waals surface area contributed by atoms with Crippen LogP contribution in [0, 0.1) is 45.8 Å². The molecule has 4 nitrogen and oxygen atoms in total. The zero-order chi connectivity index (χ0) is 20.5. The molecule has 1 N–H and O–H groups in total. The number of carbonyl (C=O) groups is 2. The largest absolute Gasteiger partial charge is 0.390 e. The minimum atomic E-state index is -1.86. The lowest BCUT2D eigenvalue weighted by atomic mass is 9.45. The van der Waals surface area contributed by atoms with E-state index in [0.29, 0.717) is 12.8 Å². The van der Waals surface area contributed by atoms with Crippen molar-refractivity contribution in [2.45, 2.75) is 64.6 Å². The van der Waals surface area contributed by atoms with Crippen LogP contribution < -0.4 is 0 Å². The number of nitriles is 1. The number of ketones is 2. The van der Waals surface area contributed by atoms with Gasteiger partial charge in [-0.25, -0.2) is 4.39 Å². The number of alkyl halides is 1. The third-order valence-electron chi connectivity index (χ3n) is 8.58. The predicted molar refractivity (Wildman–Crippen MR) is 102 cm³/mol. The molecule has 5 heteroatoms. The van der Waals surface area contributed by atoms with Gasteiger partial charge in [-0.15, -0.1) is 0 Å². The van der Waals surface area contributed by atoms with Crippen LogP contribution >= 0.6 is 0 Å². The Morgan fingerprint density at radius 3 is 2.79 bits per heavy atom. The first-order chi connectivity index (χ1) is 13.1. The Hall–Kier alpha value is -1.80. The van der Waals surface area contributed by atoms with Gasteiger partial charge in [-0.2, -0.15) is 5.26 Å². The lowest BCUT2D eigenvalue weighted by Gasteiger charge is -2.62. The first kappa shape index (κ1) is 19.5. The molecule has 4 aliphatic rings. The molecule has 0 aromatic carbocycles. The number of carbonyl (C=O) groups excluding carboxylic acids is 2. The monoisotopic (exact) mass is 385 g/mol. The van der Waals surface area contributed by atoms with Crippen molar-refractivity contribution in [3.05, 3.63) is 23.8 Å². The Morgan fingerprint density at radius 2 is 2.11 bits per heavy atom. The van der Waals surface area contributed by atoms with Gasteiger partial charge >= 0.3 is 0 Å². The van der Waals surface area contributed by atoms with Crippen molar-refractivity contribution in [3.63, 3.8) is 0 Å². The summed E-state index contributed by atoms with van der Waals surface area (Å²) in [6.45, 7) is 5.83. The summed E-state index contributed by atoms with van der Waals surface area (Å²) in [4.78, 5) is 24.6. The van der Waals surface area contributed by atoms with Crippen LogP contribution in [0.25, 0.3) is 0 Å². The van der Waals surface area contributed by atoms with E-state index >= 15 is 4.39 Å². The minimum Gasteiger partial charge on any atom is -0.390 e. The van der Waals surface area contributed by atoms with Gasteiger partial charge in [0, 0.05) is 17.3 Å². The summed E-state index contributed by atoms with van der Waals surface area (Å²) in [5.74, 6) is -0.842. The van der Waals surface area contributed by atoms with E-state index in [-0.39, 0.29) is 48.1 Å². The second kappa shape index (κ2) is 6.10. The average Bonchev–Trinajstić information content (AvgIpc) is 2.87. The van der Waals surface area contributed by atoms with Gasteiger partial charge in [0.25, 0.3) is 0 Å².